The van der Waals surface area contributed by atoms with Crippen LogP contribution < -0.4 is 0 Å². The Morgan fingerprint density at radius 3 is 2.50 bits per heavy atom. The summed E-state index contributed by atoms with van der Waals surface area (Å²) in [5, 5.41) is 8.79. The van der Waals surface area contributed by atoms with Crippen LogP contribution in [0.5, 0.6) is 0 Å². The number of rotatable bonds is 10. The molecule has 0 unspecified atom stereocenters. The standard InChI is InChI=1S/C8H19O7P/c1-2-3-4-5-13-15-8(6-9)7-14-16(10,11)12/h8-9H,2-7H2,1H3,(H2,10,11,12)/t8-/m0/s1. The second-order valence-corrected chi connectivity index (χ2v) is 4.46. The molecule has 1 atom stereocenters. The van der Waals surface area contributed by atoms with E-state index in [1.165, 1.54) is 0 Å². The highest BCUT2D eigenvalue weighted by atomic mass is 31.2. The number of aliphatic hydroxyl groups excluding tert-OH is 1. The predicted molar refractivity (Wildman–Crippen MR) is 55.4 cm³/mol. The third-order valence-electron chi connectivity index (χ3n) is 1.67. The van der Waals surface area contributed by atoms with Crippen molar-refractivity contribution in [3.8, 4) is 0 Å². The van der Waals surface area contributed by atoms with Gasteiger partial charge in [0.15, 0.2) is 0 Å². The molecule has 8 heteroatoms. The molecule has 7 nitrogen and oxygen atoms in total. The first kappa shape index (κ1) is 16.0. The lowest BCUT2D eigenvalue weighted by Crippen LogP contribution is -2.24. The average Bonchev–Trinajstić information content (AvgIpc) is 2.21. The van der Waals surface area contributed by atoms with Crippen molar-refractivity contribution in [2.24, 2.45) is 0 Å². The van der Waals surface area contributed by atoms with Gasteiger partial charge in [-0.1, -0.05) is 19.8 Å². The van der Waals surface area contributed by atoms with Gasteiger partial charge in [-0.2, -0.15) is 0 Å². The molecular formula is C8H19O7P. The van der Waals surface area contributed by atoms with Gasteiger partial charge in [-0.15, -0.1) is 0 Å². The molecule has 0 aromatic heterocycles. The number of phosphoric acid groups is 1. The van der Waals surface area contributed by atoms with Crippen molar-refractivity contribution >= 4 is 7.82 Å². The fraction of sp³-hybridized carbons (Fsp3) is 1.00. The van der Waals surface area contributed by atoms with Crippen LogP contribution in [-0.4, -0.2) is 40.8 Å². The molecule has 0 aliphatic carbocycles. The summed E-state index contributed by atoms with van der Waals surface area (Å²) in [7, 11) is -4.53. The van der Waals surface area contributed by atoms with Gasteiger partial charge in [-0.25, -0.2) is 14.3 Å². The summed E-state index contributed by atoms with van der Waals surface area (Å²) in [4.78, 5) is 26.3. The molecule has 16 heavy (non-hydrogen) atoms. The molecule has 0 rings (SSSR count). The van der Waals surface area contributed by atoms with Gasteiger partial charge in [0.2, 0.25) is 0 Å². The highest BCUT2D eigenvalue weighted by molar-refractivity contribution is 7.46. The topological polar surface area (TPSA) is 105 Å². The zero-order valence-corrected chi connectivity index (χ0v) is 10.1. The van der Waals surface area contributed by atoms with Crippen LogP contribution in [0, 0.1) is 0 Å². The van der Waals surface area contributed by atoms with Crippen LogP contribution in [0.15, 0.2) is 0 Å². The fourth-order valence-corrected chi connectivity index (χ4v) is 1.21. The van der Waals surface area contributed by atoms with E-state index in [1.807, 2.05) is 6.92 Å². The van der Waals surface area contributed by atoms with Gasteiger partial charge in [0.05, 0.1) is 19.8 Å². The maximum absolute atomic E-state index is 10.4. The number of hydrogen-bond acceptors (Lipinski definition) is 5. The van der Waals surface area contributed by atoms with Crippen molar-refractivity contribution in [1.29, 1.82) is 0 Å². The van der Waals surface area contributed by atoms with Crippen molar-refractivity contribution < 1.29 is 33.8 Å². The Bertz CT molecular complexity index is 205. The van der Waals surface area contributed by atoms with Gasteiger partial charge in [0.1, 0.15) is 6.10 Å². The molecule has 0 saturated carbocycles. The predicted octanol–water partition coefficient (Wildman–Crippen LogP) is 0.595. The summed E-state index contributed by atoms with van der Waals surface area (Å²) >= 11 is 0. The Morgan fingerprint density at radius 2 is 2.00 bits per heavy atom. The van der Waals surface area contributed by atoms with Gasteiger partial charge in [0, 0.05) is 0 Å². The molecular weight excluding hydrogens is 239 g/mol. The maximum Gasteiger partial charge on any atom is 0.469 e. The normalized spacial score (nSPS) is 14.0. The number of hydrogen-bond donors (Lipinski definition) is 3. The SMILES string of the molecule is CCCCCOO[C@@H](CO)COP(=O)(O)O. The van der Waals surface area contributed by atoms with Crippen LogP contribution in [0.4, 0.5) is 0 Å². The van der Waals surface area contributed by atoms with E-state index in [0.29, 0.717) is 6.61 Å². The maximum atomic E-state index is 10.4. The third-order valence-corrected chi connectivity index (χ3v) is 2.15. The van der Waals surface area contributed by atoms with E-state index >= 15 is 0 Å². The first-order valence-electron chi connectivity index (χ1n) is 5.08. The fourth-order valence-electron chi connectivity index (χ4n) is 0.846. The van der Waals surface area contributed by atoms with E-state index in [9.17, 15) is 4.57 Å². The molecule has 0 aromatic carbocycles. The minimum Gasteiger partial charge on any atom is -0.393 e. The van der Waals surface area contributed by atoms with Crippen molar-refractivity contribution in [1.82, 2.24) is 0 Å². The Balaban J connectivity index is 3.55. The Hall–Kier alpha value is -0.0100. The van der Waals surface area contributed by atoms with E-state index in [0.717, 1.165) is 19.3 Å². The Morgan fingerprint density at radius 1 is 1.31 bits per heavy atom. The molecule has 0 aliphatic rings. The van der Waals surface area contributed by atoms with Gasteiger partial charge < -0.3 is 14.9 Å². The summed E-state index contributed by atoms with van der Waals surface area (Å²) in [6.45, 7) is 1.56. The lowest BCUT2D eigenvalue weighted by Gasteiger charge is -2.14. The van der Waals surface area contributed by atoms with Gasteiger partial charge in [-0.05, 0) is 6.42 Å². The van der Waals surface area contributed by atoms with Crippen molar-refractivity contribution in [3.63, 3.8) is 0 Å². The monoisotopic (exact) mass is 258 g/mol. The molecule has 0 saturated heterocycles. The molecule has 0 spiro atoms. The molecule has 0 heterocycles. The van der Waals surface area contributed by atoms with Crippen LogP contribution in [0.3, 0.4) is 0 Å². The smallest absolute Gasteiger partial charge is 0.393 e. The molecule has 0 fully saturated rings. The van der Waals surface area contributed by atoms with Crippen molar-refractivity contribution in [2.45, 2.75) is 32.3 Å². The molecule has 0 aliphatic heterocycles. The van der Waals surface area contributed by atoms with E-state index in [-0.39, 0.29) is 0 Å². The molecule has 0 aromatic rings. The van der Waals surface area contributed by atoms with E-state index in [2.05, 4.69) is 4.52 Å². The third kappa shape index (κ3) is 10.5. The summed E-state index contributed by atoms with van der Waals surface area (Å²) < 4.78 is 14.5. The van der Waals surface area contributed by atoms with Crippen LogP contribution >= 0.6 is 7.82 Å². The van der Waals surface area contributed by atoms with Crippen LogP contribution in [0.25, 0.3) is 0 Å². The number of phosphoric ester groups is 1. The number of aliphatic hydroxyl groups is 1. The van der Waals surface area contributed by atoms with Crippen molar-refractivity contribution in [3.05, 3.63) is 0 Å². The second-order valence-electron chi connectivity index (χ2n) is 3.22. The zero-order chi connectivity index (χ0) is 12.4. The first-order chi connectivity index (χ1) is 7.49. The molecule has 0 bridgehead atoms. The van der Waals surface area contributed by atoms with E-state index < -0.39 is 27.1 Å². The summed E-state index contributed by atoms with van der Waals surface area (Å²) in [5.74, 6) is 0. The minimum absolute atomic E-state index is 0.375. The largest absolute Gasteiger partial charge is 0.469 e. The highest BCUT2D eigenvalue weighted by Crippen LogP contribution is 2.35. The second kappa shape index (κ2) is 9.07. The van der Waals surface area contributed by atoms with E-state index in [4.69, 9.17) is 24.7 Å². The van der Waals surface area contributed by atoms with Gasteiger partial charge >= 0.3 is 7.82 Å². The molecule has 0 amide bonds. The quantitative estimate of drug-likeness (QED) is 0.228. The summed E-state index contributed by atoms with van der Waals surface area (Å²) in [6, 6.07) is 0. The molecule has 0 radical (unpaired) electrons. The lowest BCUT2D eigenvalue weighted by atomic mass is 10.3. The summed E-state index contributed by atoms with van der Waals surface area (Å²) in [6.07, 6.45) is 1.99. The number of unbranched alkanes of at least 4 members (excludes halogenated alkanes) is 2. The van der Waals surface area contributed by atoms with Gasteiger partial charge in [0.25, 0.3) is 0 Å². The van der Waals surface area contributed by atoms with Crippen LogP contribution in [-0.2, 0) is 18.9 Å². The minimum atomic E-state index is -4.53. The lowest BCUT2D eigenvalue weighted by molar-refractivity contribution is -0.332. The van der Waals surface area contributed by atoms with Crippen LogP contribution in [0.1, 0.15) is 26.2 Å². The Kier molecular flexibility index (Phi) is 9.06. The Labute approximate surface area is 94.5 Å². The average molecular weight is 258 g/mol. The highest BCUT2D eigenvalue weighted by Gasteiger charge is 2.18. The summed E-state index contributed by atoms with van der Waals surface area (Å²) in [5.41, 5.74) is 0. The van der Waals surface area contributed by atoms with Gasteiger partial charge in [-0.3, -0.25) is 4.52 Å². The molecule has 98 valence electrons. The van der Waals surface area contributed by atoms with Crippen molar-refractivity contribution in [2.75, 3.05) is 19.8 Å². The first-order valence-corrected chi connectivity index (χ1v) is 6.61. The van der Waals surface area contributed by atoms with E-state index in [1.54, 1.807) is 0 Å². The zero-order valence-electron chi connectivity index (χ0n) is 9.24. The van der Waals surface area contributed by atoms with Crippen LogP contribution in [0.2, 0.25) is 0 Å². The molecule has 3 N–H and O–H groups in total.